The Bertz CT molecular complexity index is 780. The number of carbonyl (C=O) groups excluding carboxylic acids is 2. The van der Waals surface area contributed by atoms with Crippen LogP contribution in [0.2, 0.25) is 0 Å². The fourth-order valence-electron chi connectivity index (χ4n) is 3.19. The van der Waals surface area contributed by atoms with E-state index in [1.54, 1.807) is 43.5 Å². The van der Waals surface area contributed by atoms with Gasteiger partial charge in [-0.1, -0.05) is 31.0 Å². The van der Waals surface area contributed by atoms with Crippen LogP contribution in [-0.2, 0) is 0 Å². The molecular weight excluding hydrogens is 328 g/mol. The number of likely N-dealkylation sites (tertiary alicyclic amines) is 1. The summed E-state index contributed by atoms with van der Waals surface area (Å²) < 4.78 is 5.26. The van der Waals surface area contributed by atoms with Crippen LogP contribution in [0, 0.1) is 0 Å². The first-order chi connectivity index (χ1) is 12.7. The van der Waals surface area contributed by atoms with Crippen LogP contribution in [-0.4, -0.2) is 36.9 Å². The standard InChI is InChI=1S/C21H24N2O3/c1-26-19-12-5-4-11-18(19)22-20(24)16-9-8-10-17(15-16)21(25)23-13-6-2-3-7-14-23/h4-5,8-12,15H,2-3,6-7,13-14H2,1H3,(H,22,24). The number of rotatable bonds is 4. The molecule has 0 aliphatic carbocycles. The van der Waals surface area contributed by atoms with E-state index in [0.29, 0.717) is 22.6 Å². The molecule has 0 aromatic heterocycles. The lowest BCUT2D eigenvalue weighted by atomic mass is 10.1. The summed E-state index contributed by atoms with van der Waals surface area (Å²) in [6.45, 7) is 1.58. The highest BCUT2D eigenvalue weighted by atomic mass is 16.5. The lowest BCUT2D eigenvalue weighted by Gasteiger charge is -2.20. The van der Waals surface area contributed by atoms with Crippen LogP contribution in [0.15, 0.2) is 48.5 Å². The fraction of sp³-hybridized carbons (Fsp3) is 0.333. The molecule has 136 valence electrons. The van der Waals surface area contributed by atoms with Crippen molar-refractivity contribution < 1.29 is 14.3 Å². The number of hydrogen-bond acceptors (Lipinski definition) is 3. The van der Waals surface area contributed by atoms with E-state index in [2.05, 4.69) is 5.32 Å². The minimum absolute atomic E-state index is 0.00107. The van der Waals surface area contributed by atoms with E-state index < -0.39 is 0 Å². The first-order valence-electron chi connectivity index (χ1n) is 9.03. The second kappa shape index (κ2) is 8.52. The smallest absolute Gasteiger partial charge is 0.255 e. The van der Waals surface area contributed by atoms with E-state index in [4.69, 9.17) is 4.74 Å². The van der Waals surface area contributed by atoms with Crippen LogP contribution in [0.3, 0.4) is 0 Å². The van der Waals surface area contributed by atoms with Gasteiger partial charge < -0.3 is 15.0 Å². The summed E-state index contributed by atoms with van der Waals surface area (Å²) in [4.78, 5) is 27.3. The second-order valence-corrected chi connectivity index (χ2v) is 6.44. The van der Waals surface area contributed by atoms with E-state index in [1.165, 1.54) is 12.8 Å². The molecule has 1 fully saturated rings. The molecule has 0 spiro atoms. The van der Waals surface area contributed by atoms with Crippen molar-refractivity contribution in [1.29, 1.82) is 0 Å². The third-order valence-corrected chi connectivity index (χ3v) is 4.62. The summed E-state index contributed by atoms with van der Waals surface area (Å²) in [5.74, 6) is 0.330. The SMILES string of the molecule is COc1ccccc1NC(=O)c1cccc(C(=O)N2CCCCCC2)c1. The van der Waals surface area contributed by atoms with Gasteiger partial charge in [-0.05, 0) is 43.2 Å². The Hall–Kier alpha value is -2.82. The van der Waals surface area contributed by atoms with Gasteiger partial charge in [0.1, 0.15) is 5.75 Å². The maximum atomic E-state index is 12.8. The summed E-state index contributed by atoms with van der Waals surface area (Å²) in [6.07, 6.45) is 4.43. The average molecular weight is 352 g/mol. The minimum Gasteiger partial charge on any atom is -0.495 e. The van der Waals surface area contributed by atoms with Crippen molar-refractivity contribution in [2.75, 3.05) is 25.5 Å². The van der Waals surface area contributed by atoms with Crippen molar-refractivity contribution in [3.8, 4) is 5.75 Å². The van der Waals surface area contributed by atoms with E-state index in [1.807, 2.05) is 17.0 Å². The summed E-state index contributed by atoms with van der Waals surface area (Å²) in [5, 5.41) is 2.84. The number of methoxy groups -OCH3 is 1. The van der Waals surface area contributed by atoms with Gasteiger partial charge in [-0.25, -0.2) is 0 Å². The largest absolute Gasteiger partial charge is 0.495 e. The number of amides is 2. The highest BCUT2D eigenvalue weighted by Gasteiger charge is 2.18. The predicted molar refractivity (Wildman–Crippen MR) is 102 cm³/mol. The number of nitrogens with one attached hydrogen (secondary N) is 1. The molecule has 5 nitrogen and oxygen atoms in total. The Balaban J connectivity index is 1.75. The molecule has 26 heavy (non-hydrogen) atoms. The monoisotopic (exact) mass is 352 g/mol. The molecule has 0 radical (unpaired) electrons. The van der Waals surface area contributed by atoms with E-state index >= 15 is 0 Å². The van der Waals surface area contributed by atoms with Crippen molar-refractivity contribution in [3.05, 3.63) is 59.7 Å². The topological polar surface area (TPSA) is 58.6 Å². The molecular formula is C21H24N2O3. The van der Waals surface area contributed by atoms with Crippen molar-refractivity contribution >= 4 is 17.5 Å². The van der Waals surface area contributed by atoms with Crippen molar-refractivity contribution in [2.45, 2.75) is 25.7 Å². The lowest BCUT2D eigenvalue weighted by molar-refractivity contribution is 0.0761. The molecule has 2 aromatic carbocycles. The molecule has 2 amide bonds. The predicted octanol–water partition coefficient (Wildman–Crippen LogP) is 3.96. The summed E-state index contributed by atoms with van der Waals surface area (Å²) in [7, 11) is 1.56. The molecule has 1 N–H and O–H groups in total. The molecule has 0 atom stereocenters. The van der Waals surface area contributed by atoms with Crippen LogP contribution in [0.4, 0.5) is 5.69 Å². The van der Waals surface area contributed by atoms with Crippen LogP contribution in [0.25, 0.3) is 0 Å². The normalized spacial score (nSPS) is 14.4. The van der Waals surface area contributed by atoms with Gasteiger partial charge in [-0.15, -0.1) is 0 Å². The van der Waals surface area contributed by atoms with E-state index in [-0.39, 0.29) is 11.8 Å². The fourth-order valence-corrected chi connectivity index (χ4v) is 3.19. The molecule has 1 aliphatic rings. The van der Waals surface area contributed by atoms with Gasteiger partial charge in [0.05, 0.1) is 12.8 Å². The molecule has 3 rings (SSSR count). The van der Waals surface area contributed by atoms with Crippen molar-refractivity contribution in [2.24, 2.45) is 0 Å². The molecule has 1 heterocycles. The summed E-state index contributed by atoms with van der Waals surface area (Å²) in [6, 6.07) is 14.1. The minimum atomic E-state index is -0.264. The third kappa shape index (κ3) is 4.23. The van der Waals surface area contributed by atoms with Crippen molar-refractivity contribution in [3.63, 3.8) is 0 Å². The Kier molecular flexibility index (Phi) is 5.89. The number of para-hydroxylation sites is 2. The molecule has 0 saturated carbocycles. The van der Waals surface area contributed by atoms with Gasteiger partial charge in [0.2, 0.25) is 0 Å². The average Bonchev–Trinajstić information content (AvgIpc) is 2.97. The highest BCUT2D eigenvalue weighted by Crippen LogP contribution is 2.24. The zero-order chi connectivity index (χ0) is 18.4. The maximum absolute atomic E-state index is 12.8. The Morgan fingerprint density at radius 2 is 1.62 bits per heavy atom. The molecule has 1 aliphatic heterocycles. The molecule has 0 unspecified atom stereocenters. The van der Waals surface area contributed by atoms with E-state index in [9.17, 15) is 9.59 Å². The quantitative estimate of drug-likeness (QED) is 0.906. The van der Waals surface area contributed by atoms with Gasteiger partial charge in [0, 0.05) is 24.2 Å². The second-order valence-electron chi connectivity index (χ2n) is 6.44. The zero-order valence-corrected chi connectivity index (χ0v) is 15.0. The highest BCUT2D eigenvalue weighted by molar-refractivity contribution is 6.06. The van der Waals surface area contributed by atoms with Crippen LogP contribution >= 0.6 is 0 Å². The van der Waals surface area contributed by atoms with Crippen molar-refractivity contribution in [1.82, 2.24) is 4.90 Å². The molecule has 0 bridgehead atoms. The van der Waals surface area contributed by atoms with Gasteiger partial charge in [-0.3, -0.25) is 9.59 Å². The van der Waals surface area contributed by atoms with Gasteiger partial charge in [-0.2, -0.15) is 0 Å². The Morgan fingerprint density at radius 1 is 0.923 bits per heavy atom. The van der Waals surface area contributed by atoms with Gasteiger partial charge >= 0.3 is 0 Å². The van der Waals surface area contributed by atoms with E-state index in [0.717, 1.165) is 25.9 Å². The molecule has 1 saturated heterocycles. The van der Waals surface area contributed by atoms with Gasteiger partial charge in [0.15, 0.2) is 0 Å². The Labute approximate surface area is 154 Å². The Morgan fingerprint density at radius 3 is 2.35 bits per heavy atom. The number of benzene rings is 2. The maximum Gasteiger partial charge on any atom is 0.255 e. The van der Waals surface area contributed by atoms with Crippen LogP contribution in [0.1, 0.15) is 46.4 Å². The molecule has 2 aromatic rings. The third-order valence-electron chi connectivity index (χ3n) is 4.62. The van der Waals surface area contributed by atoms with Gasteiger partial charge in [0.25, 0.3) is 11.8 Å². The summed E-state index contributed by atoms with van der Waals surface area (Å²) in [5.41, 5.74) is 1.61. The first-order valence-corrected chi connectivity index (χ1v) is 9.03. The summed E-state index contributed by atoms with van der Waals surface area (Å²) >= 11 is 0. The zero-order valence-electron chi connectivity index (χ0n) is 15.0. The number of ether oxygens (including phenoxy) is 1. The number of hydrogen-bond donors (Lipinski definition) is 1. The number of nitrogens with zero attached hydrogens (tertiary/aromatic N) is 1. The molecule has 5 heteroatoms. The first kappa shape index (κ1) is 18.0. The van der Waals surface area contributed by atoms with Crippen LogP contribution < -0.4 is 10.1 Å². The number of anilines is 1. The lowest BCUT2D eigenvalue weighted by Crippen LogP contribution is -2.32. The number of carbonyl (C=O) groups is 2. The van der Waals surface area contributed by atoms with Crippen LogP contribution in [0.5, 0.6) is 5.75 Å².